The van der Waals surface area contributed by atoms with Gasteiger partial charge in [-0.05, 0) is 95.5 Å². The minimum Gasteiger partial charge on any atom is -0.354 e. The summed E-state index contributed by atoms with van der Waals surface area (Å²) in [5.41, 5.74) is 19.6. The first-order valence-electron chi connectivity index (χ1n) is 29.7. The molecule has 0 atom stereocenters. The van der Waals surface area contributed by atoms with E-state index in [1.807, 2.05) is 66.7 Å². The summed E-state index contributed by atoms with van der Waals surface area (Å²) >= 11 is 5.95. The molecule has 89 heavy (non-hydrogen) atoms. The van der Waals surface area contributed by atoms with Crippen molar-refractivity contribution in [2.45, 2.75) is 0 Å². The maximum Gasteiger partial charge on any atom is 0.235 e. The van der Waals surface area contributed by atoms with E-state index in [1.54, 1.807) is 0 Å². The Morgan fingerprint density at radius 2 is 0.697 bits per heavy atom. The van der Waals surface area contributed by atoms with Crippen LogP contribution in [0.1, 0.15) is 0 Å². The number of benzene rings is 12. The van der Waals surface area contributed by atoms with Gasteiger partial charge in [-0.2, -0.15) is 0 Å². The van der Waals surface area contributed by atoms with Crippen LogP contribution in [-0.4, -0.2) is 38.6 Å². The third-order valence-electron chi connectivity index (χ3n) is 16.7. The van der Waals surface area contributed by atoms with Crippen molar-refractivity contribution in [2.24, 2.45) is 0 Å². The quantitative estimate of drug-likeness (QED) is 0.161. The second-order valence-electron chi connectivity index (χ2n) is 22.0. The SMILES string of the molecule is Clc1nc(-c2ccccc2)c2ccccc2n1.c1ccc(-c2cc3c4[nH]c5ccccc5c4ccc3n2-c2ccccc2)cc1.c1ccc(-c2nc(-n3c4ccccc4c4ccc5c(cc(-c6ccccc6)n5-c5ccccc5)c43)nc3ccccc23)cc1. The third-order valence-corrected chi connectivity index (χ3v) is 16.9. The van der Waals surface area contributed by atoms with E-state index in [1.165, 1.54) is 60.4 Å². The highest BCUT2D eigenvalue weighted by Crippen LogP contribution is 2.42. The molecule has 0 radical (unpaired) electrons. The van der Waals surface area contributed by atoms with E-state index >= 15 is 0 Å². The Morgan fingerprint density at radius 3 is 1.27 bits per heavy atom. The predicted octanol–water partition coefficient (Wildman–Crippen LogP) is 20.9. The van der Waals surface area contributed by atoms with Gasteiger partial charge in [0.25, 0.3) is 0 Å². The van der Waals surface area contributed by atoms with E-state index in [2.05, 4.69) is 277 Å². The van der Waals surface area contributed by atoms with E-state index in [9.17, 15) is 0 Å². The van der Waals surface area contributed by atoms with Gasteiger partial charge in [0.2, 0.25) is 11.2 Å². The standard InChI is InChI=1S/C40H26N4.C26H18N2.C14H9ClN2/c1-4-14-27(15-5-1)37-26-33-36(43(37)29-18-8-3-9-19-29)25-24-31-30-20-11-13-23-35(30)44(39(31)33)40-41-34-22-12-10-21-32(34)38(42-40)28-16-6-2-7-17-28;1-3-9-18(10-4-1)25-17-22-24(28(25)19-11-5-2-6-12-19)16-15-21-20-13-7-8-14-23(20)27-26(21)22;15-14-16-12-9-5-4-8-11(12)13(17-14)10-6-2-1-3-7-10/h1-26H;1-17,27H;1-9H. The van der Waals surface area contributed by atoms with Crippen molar-refractivity contribution in [2.75, 3.05) is 0 Å². The largest absolute Gasteiger partial charge is 0.354 e. The zero-order valence-corrected chi connectivity index (χ0v) is 48.8. The number of nitrogens with zero attached hydrogens (tertiary/aromatic N) is 7. The van der Waals surface area contributed by atoms with Gasteiger partial charge in [-0.15, -0.1) is 0 Å². The van der Waals surface area contributed by atoms with Gasteiger partial charge in [-0.3, -0.25) is 4.57 Å². The lowest BCUT2D eigenvalue weighted by Crippen LogP contribution is -2.03. The van der Waals surface area contributed by atoms with Crippen LogP contribution < -0.4 is 0 Å². The highest BCUT2D eigenvalue weighted by molar-refractivity contribution is 6.29. The lowest BCUT2D eigenvalue weighted by molar-refractivity contribution is 1.02. The minimum absolute atomic E-state index is 0.280. The number of para-hydroxylation sites is 6. The van der Waals surface area contributed by atoms with Crippen LogP contribution in [0.5, 0.6) is 0 Å². The first kappa shape index (κ1) is 52.8. The normalized spacial score (nSPS) is 11.4. The molecule has 0 aliphatic heterocycles. The lowest BCUT2D eigenvalue weighted by Gasteiger charge is -2.12. The van der Waals surface area contributed by atoms with E-state index in [0.29, 0.717) is 5.95 Å². The van der Waals surface area contributed by atoms with Crippen LogP contribution in [0.4, 0.5) is 0 Å². The molecule has 0 unspecified atom stereocenters. The van der Waals surface area contributed by atoms with Crippen molar-refractivity contribution < 1.29 is 0 Å². The van der Waals surface area contributed by atoms with Gasteiger partial charge in [0.05, 0.1) is 61.4 Å². The zero-order chi connectivity index (χ0) is 59.2. The summed E-state index contributed by atoms with van der Waals surface area (Å²) in [4.78, 5) is 22.7. The van der Waals surface area contributed by atoms with Gasteiger partial charge < -0.3 is 14.1 Å². The number of aromatic amines is 1. The molecule has 0 aliphatic rings. The van der Waals surface area contributed by atoms with Crippen molar-refractivity contribution >= 4 is 98.8 Å². The van der Waals surface area contributed by atoms with Crippen molar-refractivity contribution in [3.05, 3.63) is 321 Å². The second kappa shape index (κ2) is 22.6. The lowest BCUT2D eigenvalue weighted by atomic mass is 10.1. The zero-order valence-electron chi connectivity index (χ0n) is 48.0. The van der Waals surface area contributed by atoms with Gasteiger partial charge >= 0.3 is 0 Å². The highest BCUT2D eigenvalue weighted by Gasteiger charge is 2.23. The molecule has 0 saturated heterocycles. The predicted molar refractivity (Wildman–Crippen MR) is 370 cm³/mol. The Morgan fingerprint density at radius 1 is 0.281 bits per heavy atom. The monoisotopic (exact) mass is 1160 g/mol. The van der Waals surface area contributed by atoms with Gasteiger partial charge in [0, 0.05) is 71.1 Å². The molecule has 18 aromatic rings. The fourth-order valence-corrected chi connectivity index (χ4v) is 12.9. The summed E-state index contributed by atoms with van der Waals surface area (Å²) in [7, 11) is 0. The summed E-state index contributed by atoms with van der Waals surface area (Å²) in [6, 6.07) is 110. The van der Waals surface area contributed by atoms with Crippen molar-refractivity contribution in [3.8, 4) is 62.4 Å². The first-order chi connectivity index (χ1) is 44.1. The second-order valence-corrected chi connectivity index (χ2v) is 22.3. The molecule has 1 N–H and O–H groups in total. The van der Waals surface area contributed by atoms with Gasteiger partial charge in [-0.1, -0.05) is 243 Å². The molecule has 18 rings (SSSR count). The first-order valence-corrected chi connectivity index (χ1v) is 30.1. The Labute approximate surface area is 517 Å². The number of fused-ring (bicyclic) bond motifs is 12. The minimum atomic E-state index is 0.280. The highest BCUT2D eigenvalue weighted by atomic mass is 35.5. The number of nitrogens with one attached hydrogen (secondary N) is 1. The van der Waals surface area contributed by atoms with E-state index in [0.717, 1.165) is 83.2 Å². The number of hydrogen-bond donors (Lipinski definition) is 1. The van der Waals surface area contributed by atoms with E-state index in [-0.39, 0.29) is 5.28 Å². The van der Waals surface area contributed by atoms with Crippen LogP contribution in [0.2, 0.25) is 5.28 Å². The number of rotatable bonds is 7. The van der Waals surface area contributed by atoms with Crippen LogP contribution >= 0.6 is 11.6 Å². The molecule has 0 bridgehead atoms. The maximum absolute atomic E-state index is 5.95. The molecule has 0 fully saturated rings. The molecule has 8 nitrogen and oxygen atoms in total. The van der Waals surface area contributed by atoms with Crippen molar-refractivity contribution in [1.29, 1.82) is 0 Å². The van der Waals surface area contributed by atoms with Crippen LogP contribution in [-0.2, 0) is 0 Å². The molecule has 0 spiro atoms. The Hall–Kier alpha value is -11.7. The summed E-state index contributed by atoms with van der Waals surface area (Å²) in [5.74, 6) is 0.662. The summed E-state index contributed by atoms with van der Waals surface area (Å²) in [6.45, 7) is 0. The fourth-order valence-electron chi connectivity index (χ4n) is 12.7. The van der Waals surface area contributed by atoms with Crippen molar-refractivity contribution in [1.82, 2.24) is 38.6 Å². The average molecular weight is 1160 g/mol. The maximum atomic E-state index is 5.95. The Kier molecular flexibility index (Phi) is 13.4. The van der Waals surface area contributed by atoms with Gasteiger partial charge in [-0.25, -0.2) is 19.9 Å². The number of halogens is 1. The van der Waals surface area contributed by atoms with Gasteiger partial charge in [0.15, 0.2) is 0 Å². The Bertz CT molecular complexity index is 5610. The summed E-state index contributed by atoms with van der Waals surface area (Å²) in [6.07, 6.45) is 0. The van der Waals surface area contributed by atoms with Crippen LogP contribution in [0.15, 0.2) is 315 Å². The molecule has 0 saturated carbocycles. The Balaban J connectivity index is 0.000000120. The molecule has 420 valence electrons. The van der Waals surface area contributed by atoms with Crippen LogP contribution in [0, 0.1) is 0 Å². The molecule has 0 aliphatic carbocycles. The summed E-state index contributed by atoms with van der Waals surface area (Å²) < 4.78 is 6.98. The molecular formula is C80H53ClN8. The van der Waals surface area contributed by atoms with Gasteiger partial charge in [0.1, 0.15) is 0 Å². The number of hydrogen-bond acceptors (Lipinski definition) is 4. The third kappa shape index (κ3) is 9.52. The molecule has 6 heterocycles. The van der Waals surface area contributed by atoms with Crippen LogP contribution in [0.3, 0.4) is 0 Å². The summed E-state index contributed by atoms with van der Waals surface area (Å²) in [5, 5.41) is 9.63. The number of H-pyrrole nitrogens is 1. The van der Waals surface area contributed by atoms with E-state index in [4.69, 9.17) is 21.6 Å². The molecule has 9 heteroatoms. The van der Waals surface area contributed by atoms with Crippen molar-refractivity contribution in [3.63, 3.8) is 0 Å². The number of aromatic nitrogens is 8. The van der Waals surface area contributed by atoms with E-state index < -0.39 is 0 Å². The average Bonchev–Trinajstić information content (AvgIpc) is 2.05. The molecular weight excluding hydrogens is 1110 g/mol. The topological polar surface area (TPSA) is 82.1 Å². The smallest absolute Gasteiger partial charge is 0.235 e. The molecule has 0 amide bonds. The molecule has 6 aromatic heterocycles. The van der Waals surface area contributed by atoms with Crippen LogP contribution in [0.25, 0.3) is 150 Å². The fraction of sp³-hybridized carbons (Fsp3) is 0. The molecule has 12 aromatic carbocycles.